The predicted molar refractivity (Wildman–Crippen MR) is 55.7 cm³/mol. The van der Waals surface area contributed by atoms with E-state index in [1.807, 2.05) is 0 Å². The minimum Gasteiger partial charge on any atom is -0.455 e. The highest BCUT2D eigenvalue weighted by molar-refractivity contribution is 9.10. The van der Waals surface area contributed by atoms with Crippen LogP contribution >= 0.6 is 15.9 Å². The summed E-state index contributed by atoms with van der Waals surface area (Å²) in [5, 5.41) is 3.33. The zero-order chi connectivity index (χ0) is 9.26. The molecule has 0 atom stereocenters. The fraction of sp³-hybridized carbons (Fsp3) is 0.556. The molecule has 3 nitrogen and oxygen atoms in total. The SMILES string of the molecule is Nc1coc(Br)c1C1CCNCC1. The lowest BCUT2D eigenvalue weighted by Gasteiger charge is -2.22. The van der Waals surface area contributed by atoms with Gasteiger partial charge >= 0.3 is 0 Å². The van der Waals surface area contributed by atoms with Gasteiger partial charge in [-0.15, -0.1) is 0 Å². The smallest absolute Gasteiger partial charge is 0.174 e. The molecule has 0 saturated carbocycles. The molecule has 0 aliphatic carbocycles. The van der Waals surface area contributed by atoms with Crippen molar-refractivity contribution in [2.75, 3.05) is 18.8 Å². The number of nitrogens with two attached hydrogens (primary N) is 1. The van der Waals surface area contributed by atoms with Crippen LogP contribution in [0.25, 0.3) is 0 Å². The van der Waals surface area contributed by atoms with Gasteiger partial charge in [-0.2, -0.15) is 0 Å². The highest BCUT2D eigenvalue weighted by atomic mass is 79.9. The van der Waals surface area contributed by atoms with Crippen LogP contribution in [-0.2, 0) is 0 Å². The molecular formula is C9H13BrN2O. The van der Waals surface area contributed by atoms with E-state index in [-0.39, 0.29) is 0 Å². The van der Waals surface area contributed by atoms with E-state index in [1.54, 1.807) is 6.26 Å². The molecule has 1 aliphatic rings. The standard InChI is InChI=1S/C9H13BrN2O/c10-9-8(7(11)5-13-9)6-1-3-12-4-2-6/h5-6,12H,1-4,11H2. The summed E-state index contributed by atoms with van der Waals surface area (Å²) < 4.78 is 6.02. The molecule has 0 radical (unpaired) electrons. The topological polar surface area (TPSA) is 51.2 Å². The van der Waals surface area contributed by atoms with Crippen molar-refractivity contribution in [1.82, 2.24) is 5.32 Å². The van der Waals surface area contributed by atoms with Crippen LogP contribution in [0, 0.1) is 0 Å². The molecule has 0 unspecified atom stereocenters. The van der Waals surface area contributed by atoms with E-state index >= 15 is 0 Å². The van der Waals surface area contributed by atoms with Gasteiger partial charge in [0.2, 0.25) is 0 Å². The maximum Gasteiger partial charge on any atom is 0.174 e. The Morgan fingerprint density at radius 3 is 2.69 bits per heavy atom. The fourth-order valence-electron chi connectivity index (χ4n) is 1.86. The van der Waals surface area contributed by atoms with E-state index in [4.69, 9.17) is 10.2 Å². The first-order valence-electron chi connectivity index (χ1n) is 4.52. The van der Waals surface area contributed by atoms with Gasteiger partial charge in [-0.3, -0.25) is 0 Å². The lowest BCUT2D eigenvalue weighted by molar-refractivity contribution is 0.450. The molecule has 2 heterocycles. The van der Waals surface area contributed by atoms with Crippen molar-refractivity contribution in [1.29, 1.82) is 0 Å². The van der Waals surface area contributed by atoms with Gasteiger partial charge < -0.3 is 15.5 Å². The predicted octanol–water partition coefficient (Wildman–Crippen LogP) is 2.09. The van der Waals surface area contributed by atoms with E-state index in [9.17, 15) is 0 Å². The van der Waals surface area contributed by atoms with Crippen LogP contribution in [0.1, 0.15) is 24.3 Å². The molecule has 2 rings (SSSR count). The maximum atomic E-state index is 5.83. The lowest BCUT2D eigenvalue weighted by Crippen LogP contribution is -2.26. The molecule has 1 saturated heterocycles. The number of nitrogen functional groups attached to an aromatic ring is 1. The maximum absolute atomic E-state index is 5.83. The summed E-state index contributed by atoms with van der Waals surface area (Å²) >= 11 is 3.39. The van der Waals surface area contributed by atoms with Crippen molar-refractivity contribution >= 4 is 21.6 Å². The Balaban J connectivity index is 2.22. The summed E-state index contributed by atoms with van der Waals surface area (Å²) in [7, 11) is 0. The quantitative estimate of drug-likeness (QED) is 0.796. The highest BCUT2D eigenvalue weighted by Gasteiger charge is 2.22. The monoisotopic (exact) mass is 244 g/mol. The molecule has 3 N–H and O–H groups in total. The Morgan fingerprint density at radius 2 is 2.15 bits per heavy atom. The number of rotatable bonds is 1. The third-order valence-electron chi connectivity index (χ3n) is 2.56. The van der Waals surface area contributed by atoms with Crippen LogP contribution in [0.4, 0.5) is 5.69 Å². The molecular weight excluding hydrogens is 232 g/mol. The number of furan rings is 1. The Bertz CT molecular complexity index is 272. The summed E-state index contributed by atoms with van der Waals surface area (Å²) in [6, 6.07) is 0. The molecule has 72 valence electrons. The molecule has 13 heavy (non-hydrogen) atoms. The number of piperidine rings is 1. The first-order valence-corrected chi connectivity index (χ1v) is 5.31. The van der Waals surface area contributed by atoms with Crippen LogP contribution in [0.15, 0.2) is 15.3 Å². The van der Waals surface area contributed by atoms with Gasteiger partial charge in [0.15, 0.2) is 4.67 Å². The van der Waals surface area contributed by atoms with E-state index < -0.39 is 0 Å². The van der Waals surface area contributed by atoms with Crippen molar-refractivity contribution in [3.8, 4) is 0 Å². The summed E-state index contributed by atoms with van der Waals surface area (Å²) in [5.41, 5.74) is 7.76. The summed E-state index contributed by atoms with van der Waals surface area (Å²) in [4.78, 5) is 0. The Labute approximate surface area is 85.8 Å². The van der Waals surface area contributed by atoms with Crippen molar-refractivity contribution in [2.24, 2.45) is 0 Å². The third-order valence-corrected chi connectivity index (χ3v) is 3.17. The lowest BCUT2D eigenvalue weighted by atomic mass is 9.91. The zero-order valence-electron chi connectivity index (χ0n) is 7.35. The van der Waals surface area contributed by atoms with Crippen molar-refractivity contribution in [3.05, 3.63) is 16.5 Å². The molecule has 1 fully saturated rings. The molecule has 1 aromatic rings. The normalized spacial score (nSPS) is 19.2. The van der Waals surface area contributed by atoms with Crippen molar-refractivity contribution in [3.63, 3.8) is 0 Å². The van der Waals surface area contributed by atoms with Gasteiger partial charge in [0.25, 0.3) is 0 Å². The summed E-state index contributed by atoms with van der Waals surface area (Å²) in [5.74, 6) is 0.550. The van der Waals surface area contributed by atoms with E-state index in [1.165, 1.54) is 0 Å². The van der Waals surface area contributed by atoms with E-state index in [0.29, 0.717) is 5.92 Å². The van der Waals surface area contributed by atoms with Crippen LogP contribution < -0.4 is 11.1 Å². The van der Waals surface area contributed by atoms with Gasteiger partial charge in [-0.25, -0.2) is 0 Å². The van der Waals surface area contributed by atoms with E-state index in [2.05, 4.69) is 21.2 Å². The number of hydrogen-bond acceptors (Lipinski definition) is 3. The van der Waals surface area contributed by atoms with Crippen LogP contribution in [0.2, 0.25) is 0 Å². The number of halogens is 1. The molecule has 1 aliphatic heterocycles. The highest BCUT2D eigenvalue weighted by Crippen LogP contribution is 2.36. The van der Waals surface area contributed by atoms with Gasteiger partial charge in [-0.1, -0.05) is 0 Å². The third kappa shape index (κ3) is 1.74. The second-order valence-corrected chi connectivity index (χ2v) is 4.12. The number of anilines is 1. The van der Waals surface area contributed by atoms with Crippen LogP contribution in [0.5, 0.6) is 0 Å². The fourth-order valence-corrected chi connectivity index (χ4v) is 2.51. The molecule has 1 aromatic heterocycles. The average molecular weight is 245 g/mol. The first-order chi connectivity index (χ1) is 6.29. The average Bonchev–Trinajstić information content (AvgIpc) is 2.48. The largest absolute Gasteiger partial charge is 0.455 e. The molecule has 0 bridgehead atoms. The first kappa shape index (κ1) is 9.09. The summed E-state index contributed by atoms with van der Waals surface area (Å²) in [6.45, 7) is 2.14. The molecule has 0 spiro atoms. The second-order valence-electron chi connectivity index (χ2n) is 3.40. The van der Waals surface area contributed by atoms with Gasteiger partial charge in [0.05, 0.1) is 5.69 Å². The van der Waals surface area contributed by atoms with E-state index in [0.717, 1.165) is 41.9 Å². The van der Waals surface area contributed by atoms with Gasteiger partial charge in [0, 0.05) is 5.56 Å². The van der Waals surface area contributed by atoms with Crippen molar-refractivity contribution < 1.29 is 4.42 Å². The van der Waals surface area contributed by atoms with Crippen molar-refractivity contribution in [2.45, 2.75) is 18.8 Å². The van der Waals surface area contributed by atoms with Crippen LogP contribution in [0.3, 0.4) is 0 Å². The van der Waals surface area contributed by atoms with Gasteiger partial charge in [0.1, 0.15) is 6.26 Å². The molecule has 0 amide bonds. The van der Waals surface area contributed by atoms with Gasteiger partial charge in [-0.05, 0) is 47.8 Å². The number of nitrogens with one attached hydrogen (secondary N) is 1. The Hall–Kier alpha value is -0.480. The second kappa shape index (κ2) is 3.72. The summed E-state index contributed by atoms with van der Waals surface area (Å²) in [6.07, 6.45) is 3.89. The molecule has 0 aromatic carbocycles. The zero-order valence-corrected chi connectivity index (χ0v) is 8.93. The minimum atomic E-state index is 0.550. The van der Waals surface area contributed by atoms with Crippen LogP contribution in [-0.4, -0.2) is 13.1 Å². The molecule has 4 heteroatoms. The minimum absolute atomic E-state index is 0.550. The number of hydrogen-bond donors (Lipinski definition) is 2. The Kier molecular flexibility index (Phi) is 2.60. The Morgan fingerprint density at radius 1 is 1.46 bits per heavy atom.